The molecule has 2 aliphatic rings. The Kier molecular flexibility index (Phi) is 5.09. The van der Waals surface area contributed by atoms with Gasteiger partial charge in [-0.25, -0.2) is 4.98 Å². The summed E-state index contributed by atoms with van der Waals surface area (Å²) in [5.41, 5.74) is 2.88. The lowest BCUT2D eigenvalue weighted by Gasteiger charge is -2.36. The van der Waals surface area contributed by atoms with Gasteiger partial charge in [0.05, 0.1) is 0 Å². The highest BCUT2D eigenvalue weighted by Gasteiger charge is 2.30. The van der Waals surface area contributed by atoms with Gasteiger partial charge in [-0.2, -0.15) is 0 Å². The Morgan fingerprint density at radius 3 is 2.65 bits per heavy atom. The molecule has 1 aromatic carbocycles. The number of hydrogen-bond donors (Lipinski definition) is 0. The van der Waals surface area contributed by atoms with Crippen LogP contribution in [0.2, 0.25) is 0 Å². The molecule has 0 radical (unpaired) electrons. The highest BCUT2D eigenvalue weighted by Crippen LogP contribution is 2.30. The molecule has 0 spiro atoms. The Bertz CT molecular complexity index is 741. The van der Waals surface area contributed by atoms with Crippen LogP contribution in [-0.2, 0) is 24.2 Å². The molecule has 4 heteroatoms. The van der Waals surface area contributed by atoms with Gasteiger partial charge in [0, 0.05) is 37.9 Å². The van der Waals surface area contributed by atoms with Gasteiger partial charge in [-0.15, -0.1) is 0 Å². The van der Waals surface area contributed by atoms with Gasteiger partial charge >= 0.3 is 0 Å². The van der Waals surface area contributed by atoms with Crippen LogP contribution in [0.5, 0.6) is 0 Å². The molecule has 1 aliphatic carbocycles. The van der Waals surface area contributed by atoms with Gasteiger partial charge in [0.15, 0.2) is 0 Å². The zero-order valence-corrected chi connectivity index (χ0v) is 15.7. The molecule has 138 valence electrons. The quantitative estimate of drug-likeness (QED) is 0.822. The first-order chi connectivity index (χ1) is 12.7. The molecule has 1 saturated heterocycles. The Morgan fingerprint density at radius 2 is 1.96 bits per heavy atom. The first kappa shape index (κ1) is 17.3. The minimum absolute atomic E-state index is 0.370. The van der Waals surface area contributed by atoms with E-state index in [-0.39, 0.29) is 0 Å². The maximum absolute atomic E-state index is 13.1. The molecule has 0 saturated carbocycles. The van der Waals surface area contributed by atoms with Gasteiger partial charge in [-0.1, -0.05) is 24.3 Å². The molecule has 1 aliphatic heterocycles. The smallest absolute Gasteiger partial charge is 0.223 e. The van der Waals surface area contributed by atoms with Crippen LogP contribution < -0.4 is 0 Å². The van der Waals surface area contributed by atoms with Crippen molar-refractivity contribution in [1.82, 2.24) is 14.5 Å². The van der Waals surface area contributed by atoms with Crippen LogP contribution in [0.15, 0.2) is 36.7 Å². The van der Waals surface area contributed by atoms with Crippen LogP contribution in [0.3, 0.4) is 0 Å². The number of rotatable bonds is 5. The predicted octanol–water partition coefficient (Wildman–Crippen LogP) is 3.77. The molecule has 4 nitrogen and oxygen atoms in total. The number of likely N-dealkylation sites (tertiary alicyclic amines) is 1. The van der Waals surface area contributed by atoms with Crippen molar-refractivity contribution >= 4 is 5.91 Å². The number of nitrogens with zero attached hydrogens (tertiary/aromatic N) is 3. The monoisotopic (exact) mass is 351 g/mol. The largest absolute Gasteiger partial charge is 0.340 e. The Labute approximate surface area is 156 Å². The van der Waals surface area contributed by atoms with Gasteiger partial charge in [0.25, 0.3) is 0 Å². The van der Waals surface area contributed by atoms with Crippen molar-refractivity contribution in [3.63, 3.8) is 0 Å². The van der Waals surface area contributed by atoms with Crippen LogP contribution in [0, 0.1) is 12.8 Å². The standard InChI is InChI=1S/C22H29N3O/c1-17-23-10-13-24(17)12-9-21-8-4-5-11-25(21)22(26)16-18-14-19-6-2-3-7-20(19)15-18/h2-3,6-7,10,13,18,21H,4-5,8-9,11-12,14-16H2,1H3/t21-/m0/s1. The number of benzene rings is 1. The second-order valence-corrected chi connectivity index (χ2v) is 7.94. The number of carbonyl (C=O) groups is 1. The number of aryl methyl sites for hydroxylation is 2. The minimum Gasteiger partial charge on any atom is -0.340 e. The second-order valence-electron chi connectivity index (χ2n) is 7.94. The highest BCUT2D eigenvalue weighted by atomic mass is 16.2. The second kappa shape index (κ2) is 7.65. The van der Waals surface area contributed by atoms with Crippen molar-refractivity contribution in [3.05, 3.63) is 53.6 Å². The number of hydrogen-bond acceptors (Lipinski definition) is 2. The highest BCUT2D eigenvalue weighted by molar-refractivity contribution is 5.77. The molecular weight excluding hydrogens is 322 g/mol. The third-order valence-electron chi connectivity index (χ3n) is 6.17. The zero-order chi connectivity index (χ0) is 17.9. The molecule has 2 heterocycles. The van der Waals surface area contributed by atoms with E-state index in [1.807, 2.05) is 19.3 Å². The lowest BCUT2D eigenvalue weighted by molar-refractivity contribution is -0.136. The predicted molar refractivity (Wildman–Crippen MR) is 103 cm³/mol. The molecule has 1 fully saturated rings. The Morgan fingerprint density at radius 1 is 1.19 bits per heavy atom. The van der Waals surface area contributed by atoms with E-state index in [1.165, 1.54) is 17.5 Å². The van der Waals surface area contributed by atoms with Crippen LogP contribution in [0.1, 0.15) is 49.1 Å². The lowest BCUT2D eigenvalue weighted by Crippen LogP contribution is -2.44. The Hall–Kier alpha value is -2.10. The van der Waals surface area contributed by atoms with Crippen LogP contribution in [-0.4, -0.2) is 32.9 Å². The molecule has 1 atom stereocenters. The van der Waals surface area contributed by atoms with E-state index >= 15 is 0 Å². The molecule has 0 N–H and O–H groups in total. The maximum atomic E-state index is 13.1. The van der Waals surface area contributed by atoms with Crippen molar-refractivity contribution in [3.8, 4) is 0 Å². The molecule has 1 amide bonds. The average molecular weight is 351 g/mol. The lowest BCUT2D eigenvalue weighted by atomic mass is 9.96. The van der Waals surface area contributed by atoms with Gasteiger partial charge in [-0.05, 0) is 62.5 Å². The molecule has 1 aromatic heterocycles. The molecule has 4 rings (SSSR count). The first-order valence-corrected chi connectivity index (χ1v) is 10.0. The number of aromatic nitrogens is 2. The van der Waals surface area contributed by atoms with Crippen LogP contribution >= 0.6 is 0 Å². The molecule has 0 unspecified atom stereocenters. The summed E-state index contributed by atoms with van der Waals surface area (Å²) in [6.45, 7) is 3.93. The van der Waals surface area contributed by atoms with Crippen molar-refractivity contribution in [2.24, 2.45) is 5.92 Å². The van der Waals surface area contributed by atoms with Crippen LogP contribution in [0.4, 0.5) is 0 Å². The Balaban J connectivity index is 1.35. The number of carbonyl (C=O) groups excluding carboxylic acids is 1. The van der Waals surface area contributed by atoms with E-state index in [2.05, 4.69) is 38.7 Å². The van der Waals surface area contributed by atoms with E-state index in [0.29, 0.717) is 24.3 Å². The van der Waals surface area contributed by atoms with Crippen molar-refractivity contribution < 1.29 is 4.79 Å². The summed E-state index contributed by atoms with van der Waals surface area (Å²) < 4.78 is 2.20. The first-order valence-electron chi connectivity index (χ1n) is 10.0. The number of imidazole rings is 1. The molecule has 26 heavy (non-hydrogen) atoms. The fourth-order valence-corrected chi connectivity index (χ4v) is 4.72. The van der Waals surface area contributed by atoms with Crippen molar-refractivity contribution in [2.45, 2.75) is 64.5 Å². The summed E-state index contributed by atoms with van der Waals surface area (Å²) in [7, 11) is 0. The minimum atomic E-state index is 0.370. The number of piperidine rings is 1. The molecular formula is C22H29N3O. The number of fused-ring (bicyclic) bond motifs is 1. The van der Waals surface area contributed by atoms with Crippen LogP contribution in [0.25, 0.3) is 0 Å². The topological polar surface area (TPSA) is 38.1 Å². The summed E-state index contributed by atoms with van der Waals surface area (Å²) in [5.74, 6) is 1.91. The normalized spacial score (nSPS) is 20.3. The number of amides is 1. The third kappa shape index (κ3) is 3.69. The zero-order valence-electron chi connectivity index (χ0n) is 15.7. The summed E-state index contributed by atoms with van der Waals surface area (Å²) in [5, 5.41) is 0. The fraction of sp³-hybridized carbons (Fsp3) is 0.545. The molecule has 0 bridgehead atoms. The molecule has 2 aromatic rings. The van der Waals surface area contributed by atoms with E-state index in [0.717, 1.165) is 51.0 Å². The summed E-state index contributed by atoms with van der Waals surface area (Å²) in [6.07, 6.45) is 11.3. The van der Waals surface area contributed by atoms with E-state index in [4.69, 9.17) is 0 Å². The maximum Gasteiger partial charge on any atom is 0.223 e. The third-order valence-corrected chi connectivity index (χ3v) is 6.17. The van der Waals surface area contributed by atoms with Gasteiger partial charge in [-0.3, -0.25) is 4.79 Å². The van der Waals surface area contributed by atoms with Gasteiger partial charge in [0.2, 0.25) is 5.91 Å². The van der Waals surface area contributed by atoms with Gasteiger partial charge < -0.3 is 9.47 Å². The summed E-state index contributed by atoms with van der Waals surface area (Å²) >= 11 is 0. The van der Waals surface area contributed by atoms with E-state index in [1.54, 1.807) is 0 Å². The van der Waals surface area contributed by atoms with Gasteiger partial charge in [0.1, 0.15) is 5.82 Å². The SMILES string of the molecule is Cc1nccn1CC[C@@H]1CCCCN1C(=O)CC1Cc2ccccc2C1. The van der Waals surface area contributed by atoms with E-state index < -0.39 is 0 Å². The summed E-state index contributed by atoms with van der Waals surface area (Å²) in [4.78, 5) is 19.5. The average Bonchev–Trinajstić information content (AvgIpc) is 3.25. The summed E-state index contributed by atoms with van der Waals surface area (Å²) in [6, 6.07) is 9.05. The van der Waals surface area contributed by atoms with Crippen molar-refractivity contribution in [2.75, 3.05) is 6.54 Å². The van der Waals surface area contributed by atoms with Crippen molar-refractivity contribution in [1.29, 1.82) is 0 Å². The van der Waals surface area contributed by atoms with E-state index in [9.17, 15) is 4.79 Å². The fourth-order valence-electron chi connectivity index (χ4n) is 4.72.